The number of carbonyl (C=O) groups excluding carboxylic acids is 1. The quantitative estimate of drug-likeness (QED) is 0.750. The number of rotatable bonds is 3. The van der Waals surface area contributed by atoms with Gasteiger partial charge in [-0.05, 0) is 12.8 Å². The molecule has 0 bridgehead atoms. The molecule has 3 nitrogen and oxygen atoms in total. The van der Waals surface area contributed by atoms with Crippen LogP contribution in [0.1, 0.15) is 28.8 Å². The number of halogens is 3. The molecular weight excluding hydrogens is 223 g/mol. The summed E-state index contributed by atoms with van der Waals surface area (Å²) in [6.07, 6.45) is -1.29. The van der Waals surface area contributed by atoms with Gasteiger partial charge in [0.05, 0.1) is 12.3 Å². The summed E-state index contributed by atoms with van der Waals surface area (Å²) in [4.78, 5) is 14.1. The van der Waals surface area contributed by atoms with Crippen molar-refractivity contribution in [3.8, 4) is 5.75 Å². The Balaban J connectivity index is 2.44. The molecule has 1 aromatic heterocycles. The van der Waals surface area contributed by atoms with E-state index in [2.05, 4.69) is 4.98 Å². The van der Waals surface area contributed by atoms with Crippen LogP contribution in [0.3, 0.4) is 0 Å². The van der Waals surface area contributed by atoms with Crippen LogP contribution in [0.4, 0.5) is 13.2 Å². The van der Waals surface area contributed by atoms with Crippen LogP contribution in [0, 0.1) is 0 Å². The molecule has 1 heterocycles. The third-order valence-corrected chi connectivity index (χ3v) is 2.17. The average Bonchev–Trinajstić information content (AvgIpc) is 2.99. The van der Waals surface area contributed by atoms with E-state index in [-0.39, 0.29) is 18.1 Å². The van der Waals surface area contributed by atoms with Gasteiger partial charge in [0.25, 0.3) is 0 Å². The molecule has 0 spiro atoms. The Hall–Kier alpha value is -1.59. The number of ether oxygens (including phenoxy) is 1. The standard InChI is InChI=1S/C10H8F3NO2/c11-10(12,13)9-6(5-15)3-14-4-8(9)16-7-1-2-7/h3-5,7H,1-2H2. The summed E-state index contributed by atoms with van der Waals surface area (Å²) >= 11 is 0. The molecule has 0 saturated heterocycles. The second kappa shape index (κ2) is 3.77. The van der Waals surface area contributed by atoms with Crippen molar-refractivity contribution in [2.24, 2.45) is 0 Å². The fraction of sp³-hybridized carbons (Fsp3) is 0.400. The highest BCUT2D eigenvalue weighted by atomic mass is 19.4. The molecule has 1 fully saturated rings. The number of hydrogen-bond acceptors (Lipinski definition) is 3. The summed E-state index contributed by atoms with van der Waals surface area (Å²) < 4.78 is 43.2. The largest absolute Gasteiger partial charge is 0.488 e. The first-order valence-electron chi connectivity index (χ1n) is 4.69. The van der Waals surface area contributed by atoms with Gasteiger partial charge in [0.1, 0.15) is 5.56 Å². The fourth-order valence-electron chi connectivity index (χ4n) is 1.30. The van der Waals surface area contributed by atoms with Crippen molar-refractivity contribution < 1.29 is 22.7 Å². The fourth-order valence-corrected chi connectivity index (χ4v) is 1.30. The van der Waals surface area contributed by atoms with Crippen LogP contribution in [0.5, 0.6) is 5.75 Å². The van der Waals surface area contributed by atoms with E-state index in [1.807, 2.05) is 0 Å². The van der Waals surface area contributed by atoms with Crippen molar-refractivity contribution in [3.05, 3.63) is 23.5 Å². The lowest BCUT2D eigenvalue weighted by atomic mass is 10.1. The molecule has 0 unspecified atom stereocenters. The maximum atomic E-state index is 12.7. The van der Waals surface area contributed by atoms with E-state index in [1.165, 1.54) is 0 Å². The van der Waals surface area contributed by atoms with Crippen molar-refractivity contribution in [1.29, 1.82) is 0 Å². The van der Waals surface area contributed by atoms with Gasteiger partial charge in [-0.15, -0.1) is 0 Å². The summed E-state index contributed by atoms with van der Waals surface area (Å²) in [5, 5.41) is 0. The summed E-state index contributed by atoms with van der Waals surface area (Å²) in [5.74, 6) is -0.361. The third kappa shape index (κ3) is 2.15. The van der Waals surface area contributed by atoms with Crippen LogP contribution >= 0.6 is 0 Å². The van der Waals surface area contributed by atoms with Crippen LogP contribution in [0.15, 0.2) is 12.4 Å². The number of nitrogens with zero attached hydrogens (tertiary/aromatic N) is 1. The van der Waals surface area contributed by atoms with Gasteiger partial charge in [-0.3, -0.25) is 9.78 Å². The van der Waals surface area contributed by atoms with Gasteiger partial charge >= 0.3 is 6.18 Å². The summed E-state index contributed by atoms with van der Waals surface area (Å²) in [5.41, 5.74) is -1.53. The SMILES string of the molecule is O=Cc1cncc(OC2CC2)c1C(F)(F)F. The Morgan fingerprint density at radius 2 is 2.06 bits per heavy atom. The molecule has 86 valence electrons. The molecular formula is C10H8F3NO2. The molecule has 1 aliphatic carbocycles. The minimum Gasteiger partial charge on any atom is -0.488 e. The molecule has 2 rings (SSSR count). The van der Waals surface area contributed by atoms with E-state index < -0.39 is 17.3 Å². The van der Waals surface area contributed by atoms with Crippen molar-refractivity contribution in [1.82, 2.24) is 4.98 Å². The summed E-state index contributed by atoms with van der Waals surface area (Å²) in [7, 11) is 0. The van der Waals surface area contributed by atoms with E-state index in [9.17, 15) is 18.0 Å². The first-order valence-corrected chi connectivity index (χ1v) is 4.69. The first-order chi connectivity index (χ1) is 7.52. The Kier molecular flexibility index (Phi) is 2.57. The van der Waals surface area contributed by atoms with Crippen molar-refractivity contribution in [3.63, 3.8) is 0 Å². The van der Waals surface area contributed by atoms with Crippen molar-refractivity contribution in [2.45, 2.75) is 25.1 Å². The lowest BCUT2D eigenvalue weighted by Gasteiger charge is -2.14. The predicted molar refractivity (Wildman–Crippen MR) is 48.3 cm³/mol. The van der Waals surface area contributed by atoms with E-state index in [0.29, 0.717) is 0 Å². The average molecular weight is 231 g/mol. The monoisotopic (exact) mass is 231 g/mol. The zero-order valence-electron chi connectivity index (χ0n) is 8.12. The molecule has 0 N–H and O–H groups in total. The zero-order valence-corrected chi connectivity index (χ0v) is 8.12. The van der Waals surface area contributed by atoms with Crippen LogP contribution in [-0.4, -0.2) is 17.4 Å². The topological polar surface area (TPSA) is 39.2 Å². The van der Waals surface area contributed by atoms with E-state index in [1.54, 1.807) is 0 Å². The maximum Gasteiger partial charge on any atom is 0.420 e. The molecule has 16 heavy (non-hydrogen) atoms. The molecule has 0 aliphatic heterocycles. The van der Waals surface area contributed by atoms with Gasteiger partial charge in [0.15, 0.2) is 12.0 Å². The minimum atomic E-state index is -4.61. The van der Waals surface area contributed by atoms with Gasteiger partial charge in [0, 0.05) is 11.8 Å². The molecule has 1 aromatic rings. The van der Waals surface area contributed by atoms with E-state index >= 15 is 0 Å². The first kappa shape index (κ1) is 10.9. The summed E-state index contributed by atoms with van der Waals surface area (Å²) in [6.45, 7) is 0. The van der Waals surface area contributed by atoms with E-state index in [4.69, 9.17) is 4.74 Å². The Morgan fingerprint density at radius 3 is 2.56 bits per heavy atom. The van der Waals surface area contributed by atoms with Crippen molar-refractivity contribution in [2.75, 3.05) is 0 Å². The molecule has 0 aromatic carbocycles. The smallest absolute Gasteiger partial charge is 0.420 e. The third-order valence-electron chi connectivity index (χ3n) is 2.17. The minimum absolute atomic E-state index is 0.135. The second-order valence-electron chi connectivity index (χ2n) is 3.53. The normalized spacial score (nSPS) is 15.9. The Morgan fingerprint density at radius 1 is 1.38 bits per heavy atom. The maximum absolute atomic E-state index is 12.7. The van der Waals surface area contributed by atoms with Crippen molar-refractivity contribution >= 4 is 6.29 Å². The molecule has 0 amide bonds. The Bertz CT molecular complexity index is 413. The van der Waals surface area contributed by atoms with E-state index in [0.717, 1.165) is 25.2 Å². The van der Waals surface area contributed by atoms with Gasteiger partial charge in [-0.25, -0.2) is 0 Å². The number of hydrogen-bond donors (Lipinski definition) is 0. The zero-order chi connectivity index (χ0) is 11.8. The van der Waals surface area contributed by atoms with Crippen LogP contribution in [-0.2, 0) is 6.18 Å². The van der Waals surface area contributed by atoms with Gasteiger partial charge in [0.2, 0.25) is 0 Å². The predicted octanol–water partition coefficient (Wildman–Crippen LogP) is 2.45. The Labute approximate surface area is 89.2 Å². The lowest BCUT2D eigenvalue weighted by Crippen LogP contribution is -2.13. The number of pyridine rings is 1. The highest BCUT2D eigenvalue weighted by Crippen LogP contribution is 2.39. The van der Waals surface area contributed by atoms with Crippen LogP contribution in [0.2, 0.25) is 0 Å². The number of alkyl halides is 3. The van der Waals surface area contributed by atoms with Crippen LogP contribution in [0.25, 0.3) is 0 Å². The summed E-state index contributed by atoms with van der Waals surface area (Å²) in [6, 6.07) is 0. The highest BCUT2D eigenvalue weighted by Gasteiger charge is 2.39. The number of carbonyl (C=O) groups is 1. The number of aldehydes is 1. The molecule has 6 heteroatoms. The highest BCUT2D eigenvalue weighted by molar-refractivity contribution is 5.78. The molecule has 1 aliphatic rings. The van der Waals surface area contributed by atoms with Gasteiger partial charge in [-0.1, -0.05) is 0 Å². The molecule has 0 atom stereocenters. The second-order valence-corrected chi connectivity index (χ2v) is 3.53. The number of aromatic nitrogens is 1. The molecule has 0 radical (unpaired) electrons. The van der Waals surface area contributed by atoms with Gasteiger partial charge in [-0.2, -0.15) is 13.2 Å². The van der Waals surface area contributed by atoms with Crippen LogP contribution < -0.4 is 4.74 Å². The van der Waals surface area contributed by atoms with Gasteiger partial charge < -0.3 is 4.74 Å². The lowest BCUT2D eigenvalue weighted by molar-refractivity contribution is -0.139. The molecule has 1 saturated carbocycles.